The molecule has 1 aromatic carbocycles. The minimum Gasteiger partial charge on any atom is -0.412 e. The molecule has 0 radical (unpaired) electrons. The molecule has 0 bridgehead atoms. The molecular weight excluding hydrogens is 138 g/mol. The minimum absolute atomic E-state index is 0. The van der Waals surface area contributed by atoms with Crippen molar-refractivity contribution in [3.05, 3.63) is 34.9 Å². The second-order valence-electron chi connectivity index (χ2n) is 2.52. The van der Waals surface area contributed by atoms with Gasteiger partial charge in [-0.15, -0.1) is 0 Å². The van der Waals surface area contributed by atoms with Crippen molar-refractivity contribution in [2.24, 2.45) is 0 Å². The van der Waals surface area contributed by atoms with Gasteiger partial charge >= 0.3 is 0 Å². The van der Waals surface area contributed by atoms with Crippen molar-refractivity contribution in [2.45, 2.75) is 20.8 Å². The van der Waals surface area contributed by atoms with Gasteiger partial charge in [-0.3, -0.25) is 0 Å². The van der Waals surface area contributed by atoms with Crippen molar-refractivity contribution >= 4 is 0 Å². The lowest BCUT2D eigenvalue weighted by molar-refractivity contribution is 0.824. The molecule has 0 saturated carbocycles. The van der Waals surface area contributed by atoms with Crippen LogP contribution >= 0.6 is 0 Å². The highest BCUT2D eigenvalue weighted by molar-refractivity contribution is 5.31. The zero-order valence-electron chi connectivity index (χ0n) is 7.44. The van der Waals surface area contributed by atoms with Crippen LogP contribution in [0.5, 0.6) is 0 Å². The van der Waals surface area contributed by atoms with Gasteiger partial charge in [-0.05, 0) is 37.5 Å². The van der Waals surface area contributed by atoms with Gasteiger partial charge in [-0.2, -0.15) is 0 Å². The minimum atomic E-state index is 0. The second-order valence-corrected chi connectivity index (χ2v) is 2.52. The van der Waals surface area contributed by atoms with E-state index in [1.165, 1.54) is 16.7 Å². The molecule has 0 aromatic heterocycles. The Hall–Kier alpha value is -0.860. The lowest BCUT2D eigenvalue weighted by Gasteiger charge is -2.00. The predicted molar refractivity (Wildman–Crippen MR) is 49.3 cm³/mol. The van der Waals surface area contributed by atoms with Crippen molar-refractivity contribution in [1.29, 1.82) is 0 Å². The summed E-state index contributed by atoms with van der Waals surface area (Å²) >= 11 is 0. The van der Waals surface area contributed by atoms with Crippen LogP contribution in [-0.4, -0.2) is 5.48 Å². The third-order valence-corrected chi connectivity index (χ3v) is 1.88. The van der Waals surface area contributed by atoms with Gasteiger partial charge in [0.25, 0.3) is 0 Å². The second kappa shape index (κ2) is 4.88. The molecule has 64 valence electrons. The first-order chi connectivity index (χ1) is 4.22. The van der Waals surface area contributed by atoms with Crippen LogP contribution in [0.1, 0.15) is 16.7 Å². The normalized spacial score (nSPS) is 7.91. The summed E-state index contributed by atoms with van der Waals surface area (Å²) in [5.41, 5.74) is 4.18. The fraction of sp³-hybridized carbons (Fsp3) is 0.333. The largest absolute Gasteiger partial charge is 0.412 e. The van der Waals surface area contributed by atoms with E-state index in [9.17, 15) is 0 Å². The number of benzene rings is 1. The smallest absolute Gasteiger partial charge is 0.0392 e. The molecule has 0 amide bonds. The molecule has 0 atom stereocenters. The summed E-state index contributed by atoms with van der Waals surface area (Å²) < 4.78 is 0. The quantitative estimate of drug-likeness (QED) is 0.611. The summed E-state index contributed by atoms with van der Waals surface area (Å²) in [5, 5.41) is 0. The summed E-state index contributed by atoms with van der Waals surface area (Å²) in [6, 6.07) is 6.38. The van der Waals surface area contributed by atoms with E-state index in [2.05, 4.69) is 39.0 Å². The molecule has 0 spiro atoms. The first kappa shape index (κ1) is 12.8. The molecule has 0 saturated heterocycles. The van der Waals surface area contributed by atoms with Crippen LogP contribution in [0.15, 0.2) is 18.2 Å². The monoisotopic (exact) mass is 155 g/mol. The van der Waals surface area contributed by atoms with Gasteiger partial charge in [-0.1, -0.05) is 18.2 Å². The van der Waals surface area contributed by atoms with Crippen LogP contribution in [0, 0.1) is 20.8 Å². The van der Waals surface area contributed by atoms with Crippen LogP contribution in [0.25, 0.3) is 0 Å². The predicted octanol–water partition coefficient (Wildman–Crippen LogP) is 1.95. The van der Waals surface area contributed by atoms with Crippen molar-refractivity contribution in [3.63, 3.8) is 0 Å². The summed E-state index contributed by atoms with van der Waals surface area (Å²) in [4.78, 5) is 0. The molecule has 0 heterocycles. The lowest BCUT2D eigenvalue weighted by Crippen LogP contribution is -1.82. The molecule has 0 unspecified atom stereocenters. The number of aryl methyl sites for hydroxylation is 2. The molecular formula is C9H17NO. The summed E-state index contributed by atoms with van der Waals surface area (Å²) in [6.07, 6.45) is 0. The van der Waals surface area contributed by atoms with Crippen LogP contribution in [0.2, 0.25) is 0 Å². The van der Waals surface area contributed by atoms with Crippen LogP contribution in [-0.2, 0) is 0 Å². The van der Waals surface area contributed by atoms with Gasteiger partial charge in [0.1, 0.15) is 0 Å². The SMILES string of the molecule is Cc1cccc(C)c1C.N.O. The summed E-state index contributed by atoms with van der Waals surface area (Å²) in [6.45, 7) is 6.44. The van der Waals surface area contributed by atoms with Gasteiger partial charge in [0.2, 0.25) is 0 Å². The standard InChI is InChI=1S/C9H12.H3N.H2O/c1-7-5-4-6-8(2)9(7)3;;/h4-6H,1-3H3;1H3;1H2. The van der Waals surface area contributed by atoms with E-state index in [1.54, 1.807) is 0 Å². The topological polar surface area (TPSA) is 66.5 Å². The Morgan fingerprint density at radius 2 is 1.27 bits per heavy atom. The van der Waals surface area contributed by atoms with Gasteiger partial charge in [-0.25, -0.2) is 0 Å². The molecule has 0 aliphatic rings. The summed E-state index contributed by atoms with van der Waals surface area (Å²) in [5.74, 6) is 0. The van der Waals surface area contributed by atoms with E-state index in [0.29, 0.717) is 0 Å². The molecule has 2 nitrogen and oxygen atoms in total. The van der Waals surface area contributed by atoms with Crippen LogP contribution in [0.3, 0.4) is 0 Å². The van der Waals surface area contributed by atoms with Gasteiger partial charge < -0.3 is 11.6 Å². The first-order valence-electron chi connectivity index (χ1n) is 3.24. The van der Waals surface area contributed by atoms with Crippen LogP contribution in [0.4, 0.5) is 0 Å². The Labute approximate surface area is 68.1 Å². The summed E-state index contributed by atoms with van der Waals surface area (Å²) in [7, 11) is 0. The molecule has 0 fully saturated rings. The highest BCUT2D eigenvalue weighted by Crippen LogP contribution is 2.09. The van der Waals surface area contributed by atoms with E-state index in [4.69, 9.17) is 0 Å². The third kappa shape index (κ3) is 2.70. The number of hydrogen-bond acceptors (Lipinski definition) is 1. The van der Waals surface area contributed by atoms with E-state index < -0.39 is 0 Å². The lowest BCUT2D eigenvalue weighted by atomic mass is 10.1. The van der Waals surface area contributed by atoms with E-state index in [1.807, 2.05) is 0 Å². The van der Waals surface area contributed by atoms with Crippen LogP contribution < -0.4 is 6.15 Å². The molecule has 0 aliphatic carbocycles. The molecule has 1 aromatic rings. The zero-order chi connectivity index (χ0) is 6.85. The average Bonchev–Trinajstić information content (AvgIpc) is 1.83. The first-order valence-corrected chi connectivity index (χ1v) is 3.24. The maximum absolute atomic E-state index is 2.16. The van der Waals surface area contributed by atoms with Crippen molar-refractivity contribution < 1.29 is 5.48 Å². The molecule has 0 aliphatic heterocycles. The maximum Gasteiger partial charge on any atom is -0.0392 e. The fourth-order valence-corrected chi connectivity index (χ4v) is 0.898. The van der Waals surface area contributed by atoms with E-state index in [-0.39, 0.29) is 11.6 Å². The number of rotatable bonds is 0. The average molecular weight is 155 g/mol. The van der Waals surface area contributed by atoms with Crippen molar-refractivity contribution in [2.75, 3.05) is 0 Å². The zero-order valence-corrected chi connectivity index (χ0v) is 7.44. The van der Waals surface area contributed by atoms with Gasteiger partial charge in [0.15, 0.2) is 0 Å². The fourth-order valence-electron chi connectivity index (χ4n) is 0.898. The Balaban J connectivity index is 0. The Morgan fingerprint density at radius 1 is 0.909 bits per heavy atom. The van der Waals surface area contributed by atoms with Gasteiger partial charge in [0, 0.05) is 0 Å². The Kier molecular flexibility index (Phi) is 5.67. The molecule has 5 N–H and O–H groups in total. The maximum atomic E-state index is 2.16. The van der Waals surface area contributed by atoms with E-state index in [0.717, 1.165) is 0 Å². The van der Waals surface area contributed by atoms with Gasteiger partial charge in [0.05, 0.1) is 0 Å². The van der Waals surface area contributed by atoms with Crippen molar-refractivity contribution in [1.82, 2.24) is 6.15 Å². The number of hydrogen-bond donors (Lipinski definition) is 1. The Bertz CT molecular complexity index is 201. The molecule has 1 rings (SSSR count). The van der Waals surface area contributed by atoms with E-state index >= 15 is 0 Å². The Morgan fingerprint density at radius 3 is 1.55 bits per heavy atom. The molecule has 2 heteroatoms. The third-order valence-electron chi connectivity index (χ3n) is 1.88. The molecule has 11 heavy (non-hydrogen) atoms. The van der Waals surface area contributed by atoms with Crippen molar-refractivity contribution in [3.8, 4) is 0 Å². The highest BCUT2D eigenvalue weighted by atomic mass is 16.0. The highest BCUT2D eigenvalue weighted by Gasteiger charge is 1.91.